The lowest BCUT2D eigenvalue weighted by atomic mass is 10.2. The van der Waals surface area contributed by atoms with Crippen molar-refractivity contribution in [3.8, 4) is 0 Å². The van der Waals surface area contributed by atoms with Crippen LogP contribution in [0.4, 0.5) is 17.3 Å². The second-order valence-corrected chi connectivity index (χ2v) is 5.47. The van der Waals surface area contributed by atoms with E-state index in [2.05, 4.69) is 26.1 Å². The van der Waals surface area contributed by atoms with Gasteiger partial charge in [0.1, 0.15) is 6.33 Å². The number of carbonyl (C=O) groups excluding carboxylic acids is 1. The summed E-state index contributed by atoms with van der Waals surface area (Å²) in [6.45, 7) is 0.941. The second-order valence-electron chi connectivity index (χ2n) is 5.04. The van der Waals surface area contributed by atoms with Crippen molar-refractivity contribution in [2.45, 2.75) is 6.42 Å². The van der Waals surface area contributed by atoms with Crippen LogP contribution in [0.5, 0.6) is 0 Å². The lowest BCUT2D eigenvalue weighted by Crippen LogP contribution is -2.30. The number of carbonyl (C=O) groups is 1. The van der Waals surface area contributed by atoms with Gasteiger partial charge in [0.05, 0.1) is 4.92 Å². The van der Waals surface area contributed by atoms with Gasteiger partial charge < -0.3 is 10.1 Å². The molecule has 0 bridgehead atoms. The Morgan fingerprint density at radius 1 is 1.27 bits per heavy atom. The maximum Gasteiger partial charge on any atom is 0.354 e. The minimum Gasteiger partial charge on any atom is -0.385 e. The van der Waals surface area contributed by atoms with Gasteiger partial charge in [-0.15, -0.1) is 0 Å². The van der Waals surface area contributed by atoms with Crippen LogP contribution < -0.4 is 16.2 Å². The first-order chi connectivity index (χ1) is 12.5. The summed E-state index contributed by atoms with van der Waals surface area (Å²) in [6, 6.07) is 6.17. The summed E-state index contributed by atoms with van der Waals surface area (Å²) in [4.78, 5) is 30.5. The van der Waals surface area contributed by atoms with Gasteiger partial charge in [-0.2, -0.15) is 0 Å². The number of hydrogen-bond acceptors (Lipinski definition) is 8. The molecule has 0 aliphatic carbocycles. The van der Waals surface area contributed by atoms with Crippen LogP contribution in [0.1, 0.15) is 16.8 Å². The number of benzene rings is 1. The van der Waals surface area contributed by atoms with E-state index in [9.17, 15) is 14.9 Å². The van der Waals surface area contributed by atoms with Crippen LogP contribution >= 0.6 is 11.6 Å². The Labute approximate surface area is 154 Å². The van der Waals surface area contributed by atoms with Crippen LogP contribution in [0.25, 0.3) is 0 Å². The molecule has 2 rings (SSSR count). The summed E-state index contributed by atoms with van der Waals surface area (Å²) in [6.07, 6.45) is 1.80. The average molecular weight is 381 g/mol. The van der Waals surface area contributed by atoms with Crippen molar-refractivity contribution in [3.05, 3.63) is 51.3 Å². The summed E-state index contributed by atoms with van der Waals surface area (Å²) in [5.74, 6) is -0.588. The summed E-state index contributed by atoms with van der Waals surface area (Å²) < 4.78 is 4.92. The molecule has 11 heteroatoms. The third kappa shape index (κ3) is 5.26. The van der Waals surface area contributed by atoms with E-state index in [4.69, 9.17) is 16.3 Å². The number of ether oxygens (including phenoxy) is 1. The van der Waals surface area contributed by atoms with Gasteiger partial charge in [0.2, 0.25) is 11.6 Å². The predicted octanol–water partition coefficient (Wildman–Crippen LogP) is 2.24. The monoisotopic (exact) mass is 380 g/mol. The molecule has 0 aliphatic heterocycles. The van der Waals surface area contributed by atoms with Gasteiger partial charge in [-0.1, -0.05) is 11.6 Å². The Hall–Kier alpha value is -2.98. The van der Waals surface area contributed by atoms with Gasteiger partial charge in [-0.3, -0.25) is 25.8 Å². The van der Waals surface area contributed by atoms with Crippen molar-refractivity contribution in [2.24, 2.45) is 0 Å². The molecular weight excluding hydrogens is 364 g/mol. The third-order valence-electron chi connectivity index (χ3n) is 3.22. The number of halogens is 1. The maximum absolute atomic E-state index is 12.1. The standard InChI is InChI=1S/C15H17ClN6O4/c1-26-8-2-7-17-13-12(22(24)25)14(19-9-18-13)20-21-15(23)10-3-5-11(16)6-4-10/h3-6,9H,2,7-8H2,1H3,(H,21,23)(H2,17,18,19,20). The Bertz CT molecular complexity index is 771. The zero-order valence-corrected chi connectivity index (χ0v) is 14.6. The van der Waals surface area contributed by atoms with E-state index in [0.29, 0.717) is 30.2 Å². The predicted molar refractivity (Wildman–Crippen MR) is 96.2 cm³/mol. The molecule has 0 radical (unpaired) electrons. The fourth-order valence-electron chi connectivity index (χ4n) is 1.99. The smallest absolute Gasteiger partial charge is 0.354 e. The number of methoxy groups -OCH3 is 1. The van der Waals surface area contributed by atoms with Gasteiger partial charge >= 0.3 is 5.69 Å². The number of amides is 1. The van der Waals surface area contributed by atoms with Crippen LogP contribution in [0.3, 0.4) is 0 Å². The fraction of sp³-hybridized carbons (Fsp3) is 0.267. The van der Waals surface area contributed by atoms with Crippen LogP contribution in [0.2, 0.25) is 5.02 Å². The maximum atomic E-state index is 12.1. The summed E-state index contributed by atoms with van der Waals surface area (Å²) in [7, 11) is 1.57. The molecule has 0 saturated carbocycles. The first-order valence-corrected chi connectivity index (χ1v) is 7.95. The van der Waals surface area contributed by atoms with Crippen molar-refractivity contribution in [3.63, 3.8) is 0 Å². The molecule has 2 aromatic rings. The number of aromatic nitrogens is 2. The highest BCUT2D eigenvalue weighted by Gasteiger charge is 2.23. The van der Waals surface area contributed by atoms with Gasteiger partial charge in [0, 0.05) is 30.8 Å². The zero-order valence-electron chi connectivity index (χ0n) is 13.9. The second kappa shape index (κ2) is 9.49. The third-order valence-corrected chi connectivity index (χ3v) is 3.48. The van der Waals surface area contributed by atoms with Crippen molar-refractivity contribution in [1.82, 2.24) is 15.4 Å². The van der Waals surface area contributed by atoms with Crippen LogP contribution in [-0.2, 0) is 4.74 Å². The molecule has 3 N–H and O–H groups in total. The number of nitrogens with zero attached hydrogens (tertiary/aromatic N) is 3. The number of anilines is 2. The summed E-state index contributed by atoms with van der Waals surface area (Å²) >= 11 is 5.77. The van der Waals surface area contributed by atoms with Crippen LogP contribution in [0.15, 0.2) is 30.6 Å². The van der Waals surface area contributed by atoms with E-state index in [1.165, 1.54) is 12.1 Å². The molecule has 0 atom stereocenters. The van der Waals surface area contributed by atoms with Crippen molar-refractivity contribution < 1.29 is 14.5 Å². The van der Waals surface area contributed by atoms with E-state index in [0.717, 1.165) is 6.33 Å². The highest BCUT2D eigenvalue weighted by molar-refractivity contribution is 6.30. The van der Waals surface area contributed by atoms with Gasteiger partial charge in [-0.25, -0.2) is 9.97 Å². The van der Waals surface area contributed by atoms with Gasteiger partial charge in [0.25, 0.3) is 5.91 Å². The largest absolute Gasteiger partial charge is 0.385 e. The molecule has 0 spiro atoms. The van der Waals surface area contributed by atoms with E-state index in [1.807, 2.05) is 0 Å². The molecule has 138 valence electrons. The van der Waals surface area contributed by atoms with Crippen molar-refractivity contribution >= 4 is 34.8 Å². The Morgan fingerprint density at radius 2 is 1.96 bits per heavy atom. The molecule has 1 amide bonds. The number of hydrazine groups is 1. The highest BCUT2D eigenvalue weighted by Crippen LogP contribution is 2.28. The molecule has 0 unspecified atom stereocenters. The molecule has 10 nitrogen and oxygen atoms in total. The van der Waals surface area contributed by atoms with Crippen molar-refractivity contribution in [2.75, 3.05) is 31.0 Å². The Balaban J connectivity index is 2.09. The number of nitrogens with one attached hydrogen (secondary N) is 3. The van der Waals surface area contributed by atoms with E-state index >= 15 is 0 Å². The van der Waals surface area contributed by atoms with Crippen molar-refractivity contribution in [1.29, 1.82) is 0 Å². The quantitative estimate of drug-likeness (QED) is 0.343. The first-order valence-electron chi connectivity index (χ1n) is 7.57. The van der Waals surface area contributed by atoms with Crippen LogP contribution in [0, 0.1) is 10.1 Å². The molecule has 26 heavy (non-hydrogen) atoms. The van der Waals surface area contributed by atoms with Gasteiger partial charge in [0.15, 0.2) is 0 Å². The Morgan fingerprint density at radius 3 is 2.62 bits per heavy atom. The van der Waals surface area contributed by atoms with E-state index < -0.39 is 10.8 Å². The number of rotatable bonds is 9. The lowest BCUT2D eigenvalue weighted by Gasteiger charge is -2.11. The SMILES string of the molecule is COCCCNc1ncnc(NNC(=O)c2ccc(Cl)cc2)c1[N+](=O)[O-]. The average Bonchev–Trinajstić information content (AvgIpc) is 2.63. The molecule has 1 aromatic carbocycles. The molecule has 0 saturated heterocycles. The zero-order chi connectivity index (χ0) is 18.9. The highest BCUT2D eigenvalue weighted by atomic mass is 35.5. The topological polar surface area (TPSA) is 131 Å². The van der Waals surface area contributed by atoms with Gasteiger partial charge in [-0.05, 0) is 30.7 Å². The molecule has 0 aliphatic rings. The minimum atomic E-state index is -0.630. The number of nitro groups is 1. The minimum absolute atomic E-state index is 0.0457. The normalized spacial score (nSPS) is 10.2. The molecular formula is C15H17ClN6O4. The molecule has 1 aromatic heterocycles. The summed E-state index contributed by atoms with van der Waals surface area (Å²) in [5.41, 5.74) is 4.77. The van der Waals surface area contributed by atoms with E-state index in [1.54, 1.807) is 19.2 Å². The Kier molecular flexibility index (Phi) is 7.06. The fourth-order valence-corrected chi connectivity index (χ4v) is 2.11. The summed E-state index contributed by atoms with van der Waals surface area (Å²) in [5, 5.41) is 14.7. The molecule has 0 fully saturated rings. The first kappa shape index (κ1) is 19.3. The van der Waals surface area contributed by atoms with Crippen LogP contribution in [-0.4, -0.2) is 41.1 Å². The van der Waals surface area contributed by atoms with E-state index in [-0.39, 0.29) is 17.3 Å². The number of hydrogen-bond donors (Lipinski definition) is 3. The lowest BCUT2D eigenvalue weighted by molar-refractivity contribution is -0.383. The molecule has 1 heterocycles.